The average Bonchev–Trinajstić information content (AvgIpc) is 2.29. The van der Waals surface area contributed by atoms with Crippen LogP contribution in [-0.2, 0) is 0 Å². The second-order valence-electron chi connectivity index (χ2n) is 3.68. The molecule has 1 aromatic carbocycles. The molecule has 0 bridgehead atoms. The summed E-state index contributed by atoms with van der Waals surface area (Å²) in [5.41, 5.74) is 0.808. The summed E-state index contributed by atoms with van der Waals surface area (Å²) >= 11 is 0. The third-order valence-electron chi connectivity index (χ3n) is 2.31. The first kappa shape index (κ1) is 12.5. The number of hydrogen-bond donors (Lipinski definition) is 1. The van der Waals surface area contributed by atoms with Gasteiger partial charge in [0.15, 0.2) is 0 Å². The molecule has 0 heterocycles. The number of aliphatic hydroxyl groups excluding tert-OH is 1. The molecule has 0 amide bonds. The topological polar surface area (TPSA) is 53.2 Å². The normalized spacial score (nSPS) is 11.8. The first-order valence-electron chi connectivity index (χ1n) is 5.52. The highest BCUT2D eigenvalue weighted by Crippen LogP contribution is 2.24. The van der Waals surface area contributed by atoms with Crippen molar-refractivity contribution in [1.82, 2.24) is 0 Å². The van der Waals surface area contributed by atoms with E-state index in [1.165, 1.54) is 0 Å². The molecule has 0 saturated carbocycles. The predicted octanol–water partition coefficient (Wildman–Crippen LogP) is 2.81. The van der Waals surface area contributed by atoms with Gasteiger partial charge in [0.25, 0.3) is 0 Å². The third-order valence-corrected chi connectivity index (χ3v) is 2.31. The SMILES string of the molecule is C[C@H](O)c1ccccc1OCCCCC#N. The first-order chi connectivity index (χ1) is 7.75. The van der Waals surface area contributed by atoms with Crippen LogP contribution in [0.15, 0.2) is 24.3 Å². The van der Waals surface area contributed by atoms with Crippen LogP contribution in [0, 0.1) is 11.3 Å². The lowest BCUT2D eigenvalue weighted by molar-refractivity contribution is 0.191. The average molecular weight is 219 g/mol. The van der Waals surface area contributed by atoms with Gasteiger partial charge in [-0.3, -0.25) is 0 Å². The maximum absolute atomic E-state index is 9.52. The van der Waals surface area contributed by atoms with Crippen LogP contribution in [0.1, 0.15) is 37.9 Å². The molecule has 0 aliphatic carbocycles. The van der Waals surface area contributed by atoms with E-state index in [1.54, 1.807) is 6.92 Å². The molecule has 0 aliphatic rings. The van der Waals surface area contributed by atoms with Gasteiger partial charge < -0.3 is 9.84 Å². The Bertz CT molecular complexity index is 355. The van der Waals surface area contributed by atoms with Crippen LogP contribution in [-0.4, -0.2) is 11.7 Å². The Labute approximate surface area is 96.3 Å². The second-order valence-corrected chi connectivity index (χ2v) is 3.68. The number of aliphatic hydroxyl groups is 1. The van der Waals surface area contributed by atoms with E-state index in [2.05, 4.69) is 6.07 Å². The van der Waals surface area contributed by atoms with Gasteiger partial charge >= 0.3 is 0 Å². The van der Waals surface area contributed by atoms with Gasteiger partial charge in [0.1, 0.15) is 5.75 Å². The lowest BCUT2D eigenvalue weighted by atomic mass is 10.1. The zero-order chi connectivity index (χ0) is 11.8. The minimum absolute atomic E-state index is 0.518. The van der Waals surface area contributed by atoms with E-state index in [4.69, 9.17) is 10.00 Å². The molecule has 0 saturated heterocycles. The van der Waals surface area contributed by atoms with Crippen molar-refractivity contribution in [2.75, 3.05) is 6.61 Å². The van der Waals surface area contributed by atoms with E-state index in [1.807, 2.05) is 24.3 Å². The molecule has 3 nitrogen and oxygen atoms in total. The lowest BCUT2D eigenvalue weighted by Crippen LogP contribution is -2.02. The van der Waals surface area contributed by atoms with Gasteiger partial charge in [-0.05, 0) is 25.8 Å². The molecule has 0 aromatic heterocycles. The van der Waals surface area contributed by atoms with Crippen LogP contribution in [0.5, 0.6) is 5.75 Å². The summed E-state index contributed by atoms with van der Waals surface area (Å²) in [6.07, 6.45) is 1.77. The van der Waals surface area contributed by atoms with Crippen molar-refractivity contribution < 1.29 is 9.84 Å². The smallest absolute Gasteiger partial charge is 0.125 e. The molecule has 86 valence electrons. The van der Waals surface area contributed by atoms with Crippen LogP contribution < -0.4 is 4.74 Å². The van der Waals surface area contributed by atoms with E-state index in [0.29, 0.717) is 13.0 Å². The monoisotopic (exact) mass is 219 g/mol. The molecule has 1 N–H and O–H groups in total. The molecule has 1 atom stereocenters. The number of unbranched alkanes of at least 4 members (excludes halogenated alkanes) is 2. The van der Waals surface area contributed by atoms with Crippen LogP contribution in [0.4, 0.5) is 0 Å². The Hall–Kier alpha value is -1.53. The molecule has 0 unspecified atom stereocenters. The first-order valence-corrected chi connectivity index (χ1v) is 5.52. The summed E-state index contributed by atoms with van der Waals surface area (Å²) < 4.78 is 5.58. The van der Waals surface area contributed by atoms with Gasteiger partial charge in [-0.15, -0.1) is 0 Å². The molecule has 1 aromatic rings. The number of hydrogen-bond acceptors (Lipinski definition) is 3. The van der Waals surface area contributed by atoms with Crippen LogP contribution in [0.25, 0.3) is 0 Å². The molecular weight excluding hydrogens is 202 g/mol. The zero-order valence-corrected chi connectivity index (χ0v) is 9.52. The quantitative estimate of drug-likeness (QED) is 0.748. The fraction of sp³-hybridized carbons (Fsp3) is 0.462. The number of nitriles is 1. The van der Waals surface area contributed by atoms with Gasteiger partial charge in [-0.1, -0.05) is 18.2 Å². The Balaban J connectivity index is 2.44. The molecule has 0 radical (unpaired) electrons. The van der Waals surface area contributed by atoms with Crippen LogP contribution in [0.3, 0.4) is 0 Å². The van der Waals surface area contributed by atoms with Crippen molar-refractivity contribution in [3.05, 3.63) is 29.8 Å². The summed E-state index contributed by atoms with van der Waals surface area (Å²) in [5.74, 6) is 0.731. The molecular formula is C13H17NO2. The van der Waals surface area contributed by atoms with E-state index in [0.717, 1.165) is 24.2 Å². The third kappa shape index (κ3) is 3.92. The maximum Gasteiger partial charge on any atom is 0.125 e. The summed E-state index contributed by atoms with van der Waals surface area (Å²) in [4.78, 5) is 0. The van der Waals surface area contributed by atoms with Gasteiger partial charge in [0.05, 0.1) is 18.8 Å². The van der Waals surface area contributed by atoms with Crippen molar-refractivity contribution in [3.63, 3.8) is 0 Å². The van der Waals surface area contributed by atoms with Gasteiger partial charge in [-0.2, -0.15) is 5.26 Å². The highest BCUT2D eigenvalue weighted by Gasteiger charge is 2.07. The highest BCUT2D eigenvalue weighted by molar-refractivity contribution is 5.34. The van der Waals surface area contributed by atoms with Crippen LogP contribution >= 0.6 is 0 Å². The number of ether oxygens (including phenoxy) is 1. The lowest BCUT2D eigenvalue weighted by Gasteiger charge is -2.12. The molecule has 16 heavy (non-hydrogen) atoms. The molecule has 0 fully saturated rings. The molecule has 0 spiro atoms. The van der Waals surface area contributed by atoms with Crippen molar-refractivity contribution in [2.45, 2.75) is 32.3 Å². The van der Waals surface area contributed by atoms with E-state index in [9.17, 15) is 5.11 Å². The number of benzene rings is 1. The van der Waals surface area contributed by atoms with Crippen molar-refractivity contribution in [3.8, 4) is 11.8 Å². The summed E-state index contributed by atoms with van der Waals surface area (Å²) in [5, 5.41) is 17.9. The van der Waals surface area contributed by atoms with E-state index < -0.39 is 6.10 Å². The fourth-order valence-corrected chi connectivity index (χ4v) is 1.45. The summed E-state index contributed by atoms with van der Waals surface area (Å²) in [6.45, 7) is 2.31. The van der Waals surface area contributed by atoms with Gasteiger partial charge in [0, 0.05) is 12.0 Å². The minimum Gasteiger partial charge on any atom is -0.493 e. The largest absolute Gasteiger partial charge is 0.493 e. The molecule has 3 heteroatoms. The number of para-hydroxylation sites is 1. The Morgan fingerprint density at radius 3 is 2.81 bits per heavy atom. The highest BCUT2D eigenvalue weighted by atomic mass is 16.5. The number of rotatable bonds is 6. The van der Waals surface area contributed by atoms with Gasteiger partial charge in [-0.25, -0.2) is 0 Å². The minimum atomic E-state index is -0.518. The molecule has 1 rings (SSSR count). The Kier molecular flexibility index (Phi) is 5.38. The molecule has 0 aliphatic heterocycles. The van der Waals surface area contributed by atoms with E-state index >= 15 is 0 Å². The number of nitrogens with zero attached hydrogens (tertiary/aromatic N) is 1. The predicted molar refractivity (Wildman–Crippen MR) is 62.0 cm³/mol. The maximum atomic E-state index is 9.52. The van der Waals surface area contributed by atoms with Gasteiger partial charge in [0.2, 0.25) is 0 Å². The van der Waals surface area contributed by atoms with E-state index in [-0.39, 0.29) is 0 Å². The standard InChI is InChI=1S/C13H17NO2/c1-11(15)12-7-3-4-8-13(12)16-10-6-2-5-9-14/h3-4,7-8,11,15H,2,5-6,10H2,1H3/t11-/m0/s1. The summed E-state index contributed by atoms with van der Waals surface area (Å²) in [7, 11) is 0. The summed E-state index contributed by atoms with van der Waals surface area (Å²) in [6, 6.07) is 9.58. The second kappa shape index (κ2) is 6.86. The van der Waals surface area contributed by atoms with Crippen molar-refractivity contribution in [1.29, 1.82) is 5.26 Å². The Morgan fingerprint density at radius 1 is 1.38 bits per heavy atom. The fourth-order valence-electron chi connectivity index (χ4n) is 1.45. The van der Waals surface area contributed by atoms with Crippen molar-refractivity contribution >= 4 is 0 Å². The van der Waals surface area contributed by atoms with Crippen LogP contribution in [0.2, 0.25) is 0 Å². The Morgan fingerprint density at radius 2 is 2.12 bits per heavy atom. The van der Waals surface area contributed by atoms with Crippen molar-refractivity contribution in [2.24, 2.45) is 0 Å². The zero-order valence-electron chi connectivity index (χ0n) is 9.52.